The summed E-state index contributed by atoms with van der Waals surface area (Å²) in [6.45, 7) is 4.73. The Morgan fingerprint density at radius 3 is 2.29 bits per heavy atom. The molecule has 1 atom stereocenters. The minimum atomic E-state index is -1.02. The molecule has 0 radical (unpaired) electrons. The fourth-order valence-electron chi connectivity index (χ4n) is 3.37. The van der Waals surface area contributed by atoms with E-state index in [2.05, 4.69) is 20.9 Å². The molecule has 1 aliphatic heterocycles. The number of carboxylic acid groups (broad SMARTS) is 1. The molecule has 31 heavy (non-hydrogen) atoms. The highest BCUT2D eigenvalue weighted by molar-refractivity contribution is 5.94. The van der Waals surface area contributed by atoms with E-state index in [1.807, 2.05) is 42.5 Å². The number of carbonyl (C=O) groups is 2. The molecular formula is C23H30N4O4. The molecule has 1 heterocycles. The first-order valence-electron chi connectivity index (χ1n) is 10.6. The molecule has 1 saturated heterocycles. The molecule has 0 aromatic heterocycles. The number of ether oxygens (including phenoxy) is 1. The first kappa shape index (κ1) is 22.7. The summed E-state index contributed by atoms with van der Waals surface area (Å²) in [5, 5.41) is 18.5. The van der Waals surface area contributed by atoms with Crippen LogP contribution in [0.5, 0.6) is 0 Å². The van der Waals surface area contributed by atoms with Crippen LogP contribution in [0.1, 0.15) is 12.8 Å². The lowest BCUT2D eigenvalue weighted by Gasteiger charge is -2.26. The van der Waals surface area contributed by atoms with Gasteiger partial charge in [-0.1, -0.05) is 18.2 Å². The Hall–Kier alpha value is -2.94. The highest BCUT2D eigenvalue weighted by Gasteiger charge is 2.21. The number of morpholine rings is 1. The molecule has 8 heteroatoms. The Bertz CT molecular complexity index is 823. The van der Waals surface area contributed by atoms with E-state index in [4.69, 9.17) is 4.74 Å². The molecule has 166 valence electrons. The normalized spacial score (nSPS) is 15.2. The van der Waals surface area contributed by atoms with Crippen LogP contribution in [-0.4, -0.2) is 67.3 Å². The van der Waals surface area contributed by atoms with E-state index < -0.39 is 12.0 Å². The van der Waals surface area contributed by atoms with Gasteiger partial charge in [0, 0.05) is 30.2 Å². The van der Waals surface area contributed by atoms with Crippen molar-refractivity contribution in [3.05, 3.63) is 54.6 Å². The molecule has 0 bridgehead atoms. The second kappa shape index (κ2) is 12.0. The van der Waals surface area contributed by atoms with Gasteiger partial charge < -0.3 is 25.8 Å². The number of amides is 1. The Morgan fingerprint density at radius 2 is 1.61 bits per heavy atom. The van der Waals surface area contributed by atoms with Crippen molar-refractivity contribution in [2.45, 2.75) is 18.9 Å². The number of hydrogen-bond acceptors (Lipinski definition) is 6. The number of hydrogen-bond donors (Lipinski definition) is 4. The largest absolute Gasteiger partial charge is 0.480 e. The van der Waals surface area contributed by atoms with Crippen molar-refractivity contribution in [1.82, 2.24) is 10.2 Å². The number of carboxylic acids is 1. The van der Waals surface area contributed by atoms with Crippen molar-refractivity contribution in [3.63, 3.8) is 0 Å². The summed E-state index contributed by atoms with van der Waals surface area (Å²) in [7, 11) is 0. The average molecular weight is 427 g/mol. The van der Waals surface area contributed by atoms with Gasteiger partial charge >= 0.3 is 5.97 Å². The number of aliphatic carboxylic acids is 1. The summed E-state index contributed by atoms with van der Waals surface area (Å²) in [4.78, 5) is 26.2. The standard InChI is InChI=1S/C23H30N4O4/c28-22(17-21(23(29)30)24-11-4-12-27-13-15-31-16-14-27)26-20-9-7-19(8-10-20)25-18-5-2-1-3-6-18/h1-3,5-10,21,24-25H,4,11-17H2,(H,26,28)(H,29,30)/t21-/m0/s1. The van der Waals surface area contributed by atoms with Crippen molar-refractivity contribution < 1.29 is 19.4 Å². The number of para-hydroxylation sites is 1. The molecule has 2 aromatic rings. The molecule has 1 fully saturated rings. The van der Waals surface area contributed by atoms with Gasteiger partial charge in [-0.3, -0.25) is 14.5 Å². The van der Waals surface area contributed by atoms with Crippen molar-refractivity contribution in [2.24, 2.45) is 0 Å². The molecule has 8 nitrogen and oxygen atoms in total. The molecule has 0 unspecified atom stereocenters. The van der Waals surface area contributed by atoms with E-state index >= 15 is 0 Å². The second-order valence-corrected chi connectivity index (χ2v) is 7.47. The summed E-state index contributed by atoms with van der Waals surface area (Å²) in [6, 6.07) is 16.2. The minimum Gasteiger partial charge on any atom is -0.480 e. The summed E-state index contributed by atoms with van der Waals surface area (Å²) < 4.78 is 5.32. The molecule has 1 amide bonds. The van der Waals surface area contributed by atoms with Crippen LogP contribution in [0.2, 0.25) is 0 Å². The van der Waals surface area contributed by atoms with Gasteiger partial charge in [0.15, 0.2) is 0 Å². The summed E-state index contributed by atoms with van der Waals surface area (Å²) in [5.41, 5.74) is 2.50. The lowest BCUT2D eigenvalue weighted by Crippen LogP contribution is -2.42. The molecule has 0 aliphatic carbocycles. The highest BCUT2D eigenvalue weighted by atomic mass is 16.5. The molecule has 0 saturated carbocycles. The maximum Gasteiger partial charge on any atom is 0.321 e. The Labute approximate surface area is 182 Å². The van der Waals surface area contributed by atoms with E-state index in [0.29, 0.717) is 12.2 Å². The molecule has 4 N–H and O–H groups in total. The predicted molar refractivity (Wildman–Crippen MR) is 121 cm³/mol. The van der Waals surface area contributed by atoms with Crippen LogP contribution in [-0.2, 0) is 14.3 Å². The quantitative estimate of drug-likeness (QED) is 0.410. The molecular weight excluding hydrogens is 396 g/mol. The van der Waals surface area contributed by atoms with Crippen LogP contribution in [0.25, 0.3) is 0 Å². The lowest BCUT2D eigenvalue weighted by molar-refractivity contribution is -0.141. The Balaban J connectivity index is 1.41. The van der Waals surface area contributed by atoms with Crippen LogP contribution in [0.3, 0.4) is 0 Å². The average Bonchev–Trinajstić information content (AvgIpc) is 2.78. The maximum absolute atomic E-state index is 12.3. The van der Waals surface area contributed by atoms with Gasteiger partial charge in [-0.2, -0.15) is 0 Å². The number of carbonyl (C=O) groups excluding carboxylic acids is 1. The fraction of sp³-hybridized carbons (Fsp3) is 0.391. The highest BCUT2D eigenvalue weighted by Crippen LogP contribution is 2.18. The van der Waals surface area contributed by atoms with E-state index in [9.17, 15) is 14.7 Å². The summed E-state index contributed by atoms with van der Waals surface area (Å²) >= 11 is 0. The number of benzene rings is 2. The van der Waals surface area contributed by atoms with Crippen LogP contribution in [0, 0.1) is 0 Å². The zero-order chi connectivity index (χ0) is 21.9. The number of nitrogens with one attached hydrogen (secondary N) is 3. The minimum absolute atomic E-state index is 0.128. The smallest absolute Gasteiger partial charge is 0.321 e. The van der Waals surface area contributed by atoms with E-state index in [1.54, 1.807) is 12.1 Å². The lowest BCUT2D eigenvalue weighted by atomic mass is 10.2. The number of rotatable bonds is 11. The van der Waals surface area contributed by atoms with Gasteiger partial charge in [0.25, 0.3) is 0 Å². The van der Waals surface area contributed by atoms with Crippen LogP contribution in [0.15, 0.2) is 54.6 Å². The second-order valence-electron chi connectivity index (χ2n) is 7.47. The van der Waals surface area contributed by atoms with Crippen molar-refractivity contribution >= 4 is 28.9 Å². The van der Waals surface area contributed by atoms with Gasteiger partial charge in [0.1, 0.15) is 6.04 Å². The van der Waals surface area contributed by atoms with Crippen molar-refractivity contribution in [1.29, 1.82) is 0 Å². The number of nitrogens with zero attached hydrogens (tertiary/aromatic N) is 1. The Morgan fingerprint density at radius 1 is 0.968 bits per heavy atom. The van der Waals surface area contributed by atoms with E-state index in [0.717, 1.165) is 50.6 Å². The van der Waals surface area contributed by atoms with Gasteiger partial charge in [-0.25, -0.2) is 0 Å². The molecule has 1 aliphatic rings. The zero-order valence-corrected chi connectivity index (χ0v) is 17.5. The van der Waals surface area contributed by atoms with Crippen molar-refractivity contribution in [3.8, 4) is 0 Å². The van der Waals surface area contributed by atoms with Gasteiger partial charge in [0.2, 0.25) is 5.91 Å². The van der Waals surface area contributed by atoms with Gasteiger partial charge in [-0.05, 0) is 55.9 Å². The third-order valence-electron chi connectivity index (χ3n) is 5.06. The summed E-state index contributed by atoms with van der Waals surface area (Å²) in [5.74, 6) is -1.36. The van der Waals surface area contributed by atoms with Crippen LogP contribution < -0.4 is 16.0 Å². The predicted octanol–water partition coefficient (Wildman–Crippen LogP) is 2.52. The third kappa shape index (κ3) is 8.01. The number of anilines is 3. The SMILES string of the molecule is O=C(C[C@H](NCCCN1CCOCC1)C(=O)O)Nc1ccc(Nc2ccccc2)cc1. The third-order valence-corrected chi connectivity index (χ3v) is 5.06. The first-order valence-corrected chi connectivity index (χ1v) is 10.6. The maximum atomic E-state index is 12.3. The molecule has 2 aromatic carbocycles. The van der Waals surface area contributed by atoms with E-state index in [-0.39, 0.29) is 12.3 Å². The molecule has 3 rings (SSSR count). The first-order chi connectivity index (χ1) is 15.1. The molecule has 0 spiro atoms. The van der Waals surface area contributed by atoms with Gasteiger partial charge in [0.05, 0.1) is 19.6 Å². The van der Waals surface area contributed by atoms with Crippen LogP contribution >= 0.6 is 0 Å². The summed E-state index contributed by atoms with van der Waals surface area (Å²) in [6.07, 6.45) is 0.693. The zero-order valence-electron chi connectivity index (χ0n) is 17.5. The van der Waals surface area contributed by atoms with Crippen LogP contribution in [0.4, 0.5) is 17.1 Å². The Kier molecular flexibility index (Phi) is 8.84. The fourth-order valence-corrected chi connectivity index (χ4v) is 3.37. The van der Waals surface area contributed by atoms with Crippen molar-refractivity contribution in [2.75, 3.05) is 50.0 Å². The topological polar surface area (TPSA) is 103 Å². The monoisotopic (exact) mass is 426 g/mol. The van der Waals surface area contributed by atoms with E-state index in [1.165, 1.54) is 0 Å². The van der Waals surface area contributed by atoms with Gasteiger partial charge in [-0.15, -0.1) is 0 Å².